The number of aromatic carboxylic acids is 1. The lowest BCUT2D eigenvalue weighted by atomic mass is 10.1. The lowest BCUT2D eigenvalue weighted by molar-refractivity contribution is -0.115. The highest BCUT2D eigenvalue weighted by molar-refractivity contribution is 8.00. The molecule has 0 atom stereocenters. The summed E-state index contributed by atoms with van der Waals surface area (Å²) in [6, 6.07) is 19.2. The van der Waals surface area contributed by atoms with Gasteiger partial charge < -0.3 is 15.7 Å². The van der Waals surface area contributed by atoms with E-state index in [9.17, 15) is 19.5 Å². The zero-order valence-electron chi connectivity index (χ0n) is 16.6. The summed E-state index contributed by atoms with van der Waals surface area (Å²) in [5, 5.41) is 14.8. The third kappa shape index (κ3) is 6.75. The van der Waals surface area contributed by atoms with Gasteiger partial charge in [-0.15, -0.1) is 11.8 Å². The van der Waals surface area contributed by atoms with Crippen molar-refractivity contribution >= 4 is 64.1 Å². The molecule has 0 heterocycles. The number of halogens is 2. The molecule has 6 nitrogen and oxygen atoms in total. The van der Waals surface area contributed by atoms with Gasteiger partial charge in [0.25, 0.3) is 0 Å². The first-order valence-corrected chi connectivity index (χ1v) is 11.1. The number of rotatable bonds is 8. The van der Waals surface area contributed by atoms with E-state index in [4.69, 9.17) is 23.2 Å². The van der Waals surface area contributed by atoms with Crippen LogP contribution < -0.4 is 10.6 Å². The maximum absolute atomic E-state index is 12.3. The molecule has 0 fully saturated rings. The van der Waals surface area contributed by atoms with E-state index in [1.165, 1.54) is 23.9 Å². The number of hydrogen-bond acceptors (Lipinski definition) is 4. The van der Waals surface area contributed by atoms with Crippen LogP contribution in [0.25, 0.3) is 0 Å². The average molecular weight is 489 g/mol. The molecular formula is C23H18Cl2N2O4S. The van der Waals surface area contributed by atoms with E-state index in [1.54, 1.807) is 24.3 Å². The van der Waals surface area contributed by atoms with E-state index < -0.39 is 11.9 Å². The van der Waals surface area contributed by atoms with Gasteiger partial charge >= 0.3 is 5.97 Å². The summed E-state index contributed by atoms with van der Waals surface area (Å²) in [5.41, 5.74) is 1.40. The van der Waals surface area contributed by atoms with Crippen molar-refractivity contribution in [3.05, 3.63) is 87.9 Å². The van der Waals surface area contributed by atoms with Crippen LogP contribution in [0.5, 0.6) is 0 Å². The topological polar surface area (TPSA) is 95.5 Å². The van der Waals surface area contributed by atoms with Crippen LogP contribution in [-0.4, -0.2) is 28.6 Å². The Morgan fingerprint density at radius 1 is 0.875 bits per heavy atom. The van der Waals surface area contributed by atoms with Crippen molar-refractivity contribution in [2.45, 2.75) is 11.3 Å². The monoisotopic (exact) mass is 488 g/mol. The predicted molar refractivity (Wildman–Crippen MR) is 128 cm³/mol. The molecule has 0 aromatic heterocycles. The molecule has 0 radical (unpaired) electrons. The third-order valence-electron chi connectivity index (χ3n) is 4.26. The molecule has 9 heteroatoms. The summed E-state index contributed by atoms with van der Waals surface area (Å²) in [6.07, 6.45) is 0.281. The highest BCUT2D eigenvalue weighted by Crippen LogP contribution is 2.29. The molecule has 0 aliphatic heterocycles. The fourth-order valence-electron chi connectivity index (χ4n) is 2.85. The third-order valence-corrected chi connectivity index (χ3v) is 5.79. The predicted octanol–water partition coefficient (Wildman–Crippen LogP) is 5.60. The van der Waals surface area contributed by atoms with E-state index in [1.807, 2.05) is 30.3 Å². The number of benzene rings is 3. The van der Waals surface area contributed by atoms with Gasteiger partial charge in [0.05, 0.1) is 22.9 Å². The van der Waals surface area contributed by atoms with Gasteiger partial charge in [0.2, 0.25) is 11.8 Å². The lowest BCUT2D eigenvalue weighted by Crippen LogP contribution is -2.17. The summed E-state index contributed by atoms with van der Waals surface area (Å²) in [5.74, 6) is -1.75. The number of carbonyl (C=O) groups excluding carboxylic acids is 2. The molecule has 0 saturated heterocycles. The Hall–Kier alpha value is -3.00. The molecule has 0 aliphatic rings. The molecule has 3 rings (SSSR count). The van der Waals surface area contributed by atoms with Gasteiger partial charge in [-0.05, 0) is 42.0 Å². The van der Waals surface area contributed by atoms with Gasteiger partial charge in [-0.25, -0.2) is 4.79 Å². The Bertz CT molecular complexity index is 1140. The molecule has 164 valence electrons. The zero-order valence-corrected chi connectivity index (χ0v) is 18.9. The van der Waals surface area contributed by atoms with Gasteiger partial charge in [0.1, 0.15) is 5.56 Å². The van der Waals surface area contributed by atoms with Gasteiger partial charge in [-0.2, -0.15) is 0 Å². The van der Waals surface area contributed by atoms with Gasteiger partial charge in [-0.1, -0.05) is 53.5 Å². The Balaban J connectivity index is 1.54. The highest BCUT2D eigenvalue weighted by atomic mass is 35.5. The SMILES string of the molecule is O=C(Cc1ccccc1)Nc1ccc(SCC(=O)Nc2cc(Cl)cc(Cl)c2C(=O)O)cc1. The van der Waals surface area contributed by atoms with E-state index in [0.29, 0.717) is 5.69 Å². The van der Waals surface area contributed by atoms with Crippen molar-refractivity contribution in [3.8, 4) is 0 Å². The maximum Gasteiger partial charge on any atom is 0.339 e. The molecule has 0 saturated carbocycles. The second-order valence-corrected chi connectivity index (χ2v) is 8.58. The molecule has 2 amide bonds. The second kappa shape index (κ2) is 11.0. The van der Waals surface area contributed by atoms with Gasteiger partial charge in [0, 0.05) is 15.6 Å². The molecular weight excluding hydrogens is 471 g/mol. The standard InChI is InChI=1S/C23H18Cl2N2O4S/c24-15-11-18(25)22(23(30)31)19(12-15)27-21(29)13-32-17-8-6-16(7-9-17)26-20(28)10-14-4-2-1-3-5-14/h1-9,11-12H,10,13H2,(H,26,28)(H,27,29)(H,30,31). The van der Waals surface area contributed by atoms with Crippen molar-refractivity contribution in [2.24, 2.45) is 0 Å². The molecule has 3 N–H and O–H groups in total. The first-order valence-electron chi connectivity index (χ1n) is 9.40. The number of amides is 2. The van der Waals surface area contributed by atoms with E-state index >= 15 is 0 Å². The first-order chi connectivity index (χ1) is 15.3. The number of anilines is 2. The fraction of sp³-hybridized carbons (Fsp3) is 0.0870. The molecule has 0 aliphatic carbocycles. The molecule has 0 bridgehead atoms. The quantitative estimate of drug-likeness (QED) is 0.358. The van der Waals surface area contributed by atoms with Crippen LogP contribution in [0.3, 0.4) is 0 Å². The molecule has 3 aromatic carbocycles. The van der Waals surface area contributed by atoms with Crippen LogP contribution >= 0.6 is 35.0 Å². The van der Waals surface area contributed by atoms with Crippen molar-refractivity contribution in [3.63, 3.8) is 0 Å². The summed E-state index contributed by atoms with van der Waals surface area (Å²) >= 11 is 13.1. The number of carboxylic acid groups (broad SMARTS) is 1. The molecule has 3 aromatic rings. The van der Waals surface area contributed by atoms with Crippen LogP contribution in [0.1, 0.15) is 15.9 Å². The van der Waals surface area contributed by atoms with Crippen LogP contribution in [0.15, 0.2) is 71.6 Å². The van der Waals surface area contributed by atoms with Crippen LogP contribution in [0.2, 0.25) is 10.0 Å². The summed E-state index contributed by atoms with van der Waals surface area (Å²) in [7, 11) is 0. The zero-order chi connectivity index (χ0) is 23.1. The smallest absolute Gasteiger partial charge is 0.339 e. The lowest BCUT2D eigenvalue weighted by Gasteiger charge is -2.11. The van der Waals surface area contributed by atoms with E-state index in [-0.39, 0.29) is 39.4 Å². The van der Waals surface area contributed by atoms with Crippen molar-refractivity contribution in [1.29, 1.82) is 0 Å². The minimum Gasteiger partial charge on any atom is -0.478 e. The molecule has 0 unspecified atom stereocenters. The Morgan fingerprint density at radius 3 is 2.22 bits per heavy atom. The van der Waals surface area contributed by atoms with Crippen LogP contribution in [0.4, 0.5) is 11.4 Å². The van der Waals surface area contributed by atoms with Crippen molar-refractivity contribution in [2.75, 3.05) is 16.4 Å². The first kappa shape index (κ1) is 23.7. The Labute approximate surface area is 198 Å². The minimum absolute atomic E-state index is 0.0390. The average Bonchev–Trinajstić information content (AvgIpc) is 2.73. The van der Waals surface area contributed by atoms with Crippen LogP contribution in [0, 0.1) is 0 Å². The van der Waals surface area contributed by atoms with Gasteiger partial charge in [-0.3, -0.25) is 9.59 Å². The Kier molecular flexibility index (Phi) is 8.16. The number of nitrogens with one attached hydrogen (secondary N) is 2. The fourth-order valence-corrected chi connectivity index (χ4v) is 4.12. The normalized spacial score (nSPS) is 10.4. The summed E-state index contributed by atoms with van der Waals surface area (Å²) in [4.78, 5) is 36.7. The maximum atomic E-state index is 12.3. The number of hydrogen-bond donors (Lipinski definition) is 3. The van der Waals surface area contributed by atoms with E-state index in [0.717, 1.165) is 10.5 Å². The molecule has 32 heavy (non-hydrogen) atoms. The molecule has 0 spiro atoms. The largest absolute Gasteiger partial charge is 0.478 e. The second-order valence-electron chi connectivity index (χ2n) is 6.69. The highest BCUT2D eigenvalue weighted by Gasteiger charge is 2.18. The number of carboxylic acids is 1. The summed E-state index contributed by atoms with van der Waals surface area (Å²) in [6.45, 7) is 0. The number of carbonyl (C=O) groups is 3. The Morgan fingerprint density at radius 2 is 1.56 bits per heavy atom. The van der Waals surface area contributed by atoms with E-state index in [2.05, 4.69) is 10.6 Å². The van der Waals surface area contributed by atoms with Crippen LogP contribution in [-0.2, 0) is 16.0 Å². The number of thioether (sulfide) groups is 1. The summed E-state index contributed by atoms with van der Waals surface area (Å²) < 4.78 is 0. The van der Waals surface area contributed by atoms with Gasteiger partial charge in [0.15, 0.2) is 0 Å². The van der Waals surface area contributed by atoms with Crippen molar-refractivity contribution in [1.82, 2.24) is 0 Å². The van der Waals surface area contributed by atoms with Crippen molar-refractivity contribution < 1.29 is 19.5 Å². The minimum atomic E-state index is -1.26.